The molecule has 1 atom stereocenters. The Labute approximate surface area is 105 Å². The first-order valence-corrected chi connectivity index (χ1v) is 5.36. The summed E-state index contributed by atoms with van der Waals surface area (Å²) in [7, 11) is 0. The van der Waals surface area contributed by atoms with Crippen molar-refractivity contribution in [1.29, 1.82) is 0 Å². The number of hydrogen-bond acceptors (Lipinski definition) is 3. The third-order valence-electron chi connectivity index (χ3n) is 3.24. The number of rotatable bonds is 2. The summed E-state index contributed by atoms with van der Waals surface area (Å²) < 4.78 is 38.7. The molecule has 104 valence electrons. The molecule has 0 aromatic carbocycles. The van der Waals surface area contributed by atoms with Crippen molar-refractivity contribution in [2.24, 2.45) is 5.41 Å². The zero-order valence-corrected chi connectivity index (χ0v) is 9.57. The molecule has 1 aliphatic rings. The van der Waals surface area contributed by atoms with E-state index < -0.39 is 36.4 Å². The number of aromatic amines is 1. The Kier molecular flexibility index (Phi) is 2.99. The molecule has 1 aromatic heterocycles. The Morgan fingerprint density at radius 2 is 2.16 bits per heavy atom. The van der Waals surface area contributed by atoms with Crippen LogP contribution in [0.3, 0.4) is 0 Å². The summed E-state index contributed by atoms with van der Waals surface area (Å²) in [4.78, 5) is 29.7. The Balaban J connectivity index is 2.23. The maximum Gasteiger partial charge on any atom is 0.406 e. The first-order chi connectivity index (χ1) is 8.78. The molecule has 19 heavy (non-hydrogen) atoms. The lowest BCUT2D eigenvalue weighted by atomic mass is 9.86. The van der Waals surface area contributed by atoms with Crippen molar-refractivity contribution in [3.05, 3.63) is 18.2 Å². The van der Waals surface area contributed by atoms with E-state index in [2.05, 4.69) is 9.97 Å². The fraction of sp³-hybridized carbons (Fsp3) is 0.500. The van der Waals surface area contributed by atoms with E-state index >= 15 is 0 Å². The Morgan fingerprint density at radius 1 is 1.47 bits per heavy atom. The van der Waals surface area contributed by atoms with Crippen LogP contribution in [0, 0.1) is 5.41 Å². The number of H-pyrrole nitrogens is 1. The number of aromatic nitrogens is 2. The van der Waals surface area contributed by atoms with E-state index in [1.165, 1.54) is 12.5 Å². The Bertz CT molecular complexity index is 500. The van der Waals surface area contributed by atoms with E-state index in [1.807, 2.05) is 0 Å². The fourth-order valence-corrected chi connectivity index (χ4v) is 2.05. The van der Waals surface area contributed by atoms with E-state index in [4.69, 9.17) is 5.11 Å². The van der Waals surface area contributed by atoms with E-state index in [0.717, 1.165) is 4.90 Å². The minimum atomic E-state index is -4.90. The second kappa shape index (κ2) is 4.25. The monoisotopic (exact) mass is 277 g/mol. The molecule has 0 bridgehead atoms. The van der Waals surface area contributed by atoms with Crippen LogP contribution in [-0.2, 0) is 4.79 Å². The smallest absolute Gasteiger partial charge is 0.406 e. The predicted molar refractivity (Wildman–Crippen MR) is 55.2 cm³/mol. The van der Waals surface area contributed by atoms with Gasteiger partial charge in [0.05, 0.1) is 12.5 Å². The van der Waals surface area contributed by atoms with Gasteiger partial charge >= 0.3 is 12.1 Å². The minimum Gasteiger partial charge on any atom is -0.481 e. The van der Waals surface area contributed by atoms with Crippen LogP contribution in [0.15, 0.2) is 12.5 Å². The number of aliphatic carboxylic acids is 1. The van der Waals surface area contributed by atoms with Crippen molar-refractivity contribution >= 4 is 11.9 Å². The molecule has 1 unspecified atom stereocenters. The van der Waals surface area contributed by atoms with Gasteiger partial charge in [-0.25, -0.2) is 4.98 Å². The highest BCUT2D eigenvalue weighted by atomic mass is 19.4. The normalized spacial score (nSPS) is 23.6. The second-order valence-corrected chi connectivity index (χ2v) is 4.33. The van der Waals surface area contributed by atoms with E-state index in [-0.39, 0.29) is 12.2 Å². The Hall–Kier alpha value is -2.06. The van der Waals surface area contributed by atoms with Crippen molar-refractivity contribution in [2.75, 3.05) is 13.1 Å². The van der Waals surface area contributed by atoms with Crippen LogP contribution in [0.25, 0.3) is 0 Å². The number of nitrogens with one attached hydrogen (secondary N) is 1. The molecule has 2 heterocycles. The lowest BCUT2D eigenvalue weighted by Crippen LogP contribution is -2.47. The van der Waals surface area contributed by atoms with Gasteiger partial charge in [0, 0.05) is 13.1 Å². The summed E-state index contributed by atoms with van der Waals surface area (Å²) in [5.41, 5.74) is -2.86. The number of amides is 1. The topological polar surface area (TPSA) is 86.3 Å². The number of halogens is 3. The summed E-state index contributed by atoms with van der Waals surface area (Å²) in [5.74, 6) is -2.65. The van der Waals surface area contributed by atoms with Gasteiger partial charge in [0.25, 0.3) is 5.91 Å². The molecule has 1 fully saturated rings. The number of nitrogens with zero attached hydrogens (tertiary/aromatic N) is 2. The standard InChI is InChI=1S/C10H10F3N3O3/c11-10(12,13)9(8(18)19)1-2-16(4-9)7(17)6-3-14-5-15-6/h3,5H,1-2,4H2,(H,14,15)(H,18,19). The maximum atomic E-state index is 12.9. The molecule has 0 aliphatic carbocycles. The first-order valence-electron chi connectivity index (χ1n) is 5.36. The molecular formula is C10H10F3N3O3. The molecule has 6 nitrogen and oxygen atoms in total. The third kappa shape index (κ3) is 2.04. The molecule has 2 rings (SSSR count). The van der Waals surface area contributed by atoms with Crippen molar-refractivity contribution in [1.82, 2.24) is 14.9 Å². The molecule has 2 N–H and O–H groups in total. The fourth-order valence-electron chi connectivity index (χ4n) is 2.05. The van der Waals surface area contributed by atoms with E-state index in [0.29, 0.717) is 0 Å². The molecule has 1 aromatic rings. The van der Waals surface area contributed by atoms with Crippen molar-refractivity contribution < 1.29 is 27.9 Å². The van der Waals surface area contributed by atoms with E-state index in [1.54, 1.807) is 0 Å². The largest absolute Gasteiger partial charge is 0.481 e. The van der Waals surface area contributed by atoms with Gasteiger partial charge in [0.1, 0.15) is 5.69 Å². The highest BCUT2D eigenvalue weighted by molar-refractivity contribution is 5.93. The molecule has 1 amide bonds. The summed E-state index contributed by atoms with van der Waals surface area (Å²) in [6.07, 6.45) is -3.15. The number of carbonyl (C=O) groups excluding carboxylic acids is 1. The summed E-state index contributed by atoms with van der Waals surface area (Å²) >= 11 is 0. The summed E-state index contributed by atoms with van der Waals surface area (Å²) in [5, 5.41) is 8.85. The summed E-state index contributed by atoms with van der Waals surface area (Å²) in [6, 6.07) is 0. The number of carboxylic acid groups (broad SMARTS) is 1. The molecule has 0 spiro atoms. The number of hydrogen-bond donors (Lipinski definition) is 2. The predicted octanol–water partition coefficient (Wildman–Crippen LogP) is 0.889. The van der Waals surface area contributed by atoms with Crippen LogP contribution >= 0.6 is 0 Å². The molecule has 0 saturated carbocycles. The highest BCUT2D eigenvalue weighted by Crippen LogP contribution is 2.45. The van der Waals surface area contributed by atoms with Gasteiger partial charge in [0.15, 0.2) is 5.41 Å². The van der Waals surface area contributed by atoms with Crippen LogP contribution in [-0.4, -0.2) is 51.1 Å². The minimum absolute atomic E-state index is 0.0309. The maximum absolute atomic E-state index is 12.9. The number of carbonyl (C=O) groups is 2. The van der Waals surface area contributed by atoms with Gasteiger partial charge in [-0.15, -0.1) is 0 Å². The zero-order chi connectivity index (χ0) is 14.3. The average molecular weight is 277 g/mol. The van der Waals surface area contributed by atoms with Gasteiger partial charge in [-0.3, -0.25) is 9.59 Å². The first kappa shape index (κ1) is 13.4. The third-order valence-corrected chi connectivity index (χ3v) is 3.24. The van der Waals surface area contributed by atoms with Gasteiger partial charge < -0.3 is 15.0 Å². The van der Waals surface area contributed by atoms with Crippen LogP contribution in [0.1, 0.15) is 16.9 Å². The van der Waals surface area contributed by atoms with Crippen LogP contribution in [0.2, 0.25) is 0 Å². The number of carboxylic acids is 1. The van der Waals surface area contributed by atoms with Crippen molar-refractivity contribution in [2.45, 2.75) is 12.6 Å². The number of alkyl halides is 3. The van der Waals surface area contributed by atoms with Gasteiger partial charge in [-0.1, -0.05) is 0 Å². The lowest BCUT2D eigenvalue weighted by Gasteiger charge is -2.27. The second-order valence-electron chi connectivity index (χ2n) is 4.33. The number of likely N-dealkylation sites (tertiary alicyclic amines) is 1. The van der Waals surface area contributed by atoms with Gasteiger partial charge in [0.2, 0.25) is 0 Å². The molecule has 1 saturated heterocycles. The van der Waals surface area contributed by atoms with Crippen LogP contribution in [0.5, 0.6) is 0 Å². The zero-order valence-electron chi connectivity index (χ0n) is 9.57. The molecule has 0 radical (unpaired) electrons. The average Bonchev–Trinajstić information content (AvgIpc) is 2.97. The molecule has 1 aliphatic heterocycles. The van der Waals surface area contributed by atoms with Crippen LogP contribution < -0.4 is 0 Å². The molecular weight excluding hydrogens is 267 g/mol. The highest BCUT2D eigenvalue weighted by Gasteiger charge is 2.64. The van der Waals surface area contributed by atoms with Gasteiger partial charge in [-0.2, -0.15) is 13.2 Å². The van der Waals surface area contributed by atoms with Crippen molar-refractivity contribution in [3.8, 4) is 0 Å². The van der Waals surface area contributed by atoms with E-state index in [9.17, 15) is 22.8 Å². The number of imidazole rings is 1. The Morgan fingerprint density at radius 3 is 2.58 bits per heavy atom. The van der Waals surface area contributed by atoms with Crippen molar-refractivity contribution in [3.63, 3.8) is 0 Å². The quantitative estimate of drug-likeness (QED) is 0.840. The molecule has 9 heteroatoms. The SMILES string of the molecule is O=C(c1cnc[nH]1)N1CCC(C(=O)O)(C(F)(F)F)C1. The van der Waals surface area contributed by atoms with Gasteiger partial charge in [-0.05, 0) is 6.42 Å². The van der Waals surface area contributed by atoms with Crippen LogP contribution in [0.4, 0.5) is 13.2 Å². The lowest BCUT2D eigenvalue weighted by molar-refractivity contribution is -0.227. The summed E-state index contributed by atoms with van der Waals surface area (Å²) in [6.45, 7) is -1.15.